The lowest BCUT2D eigenvalue weighted by Crippen LogP contribution is -2.50. The first-order valence-electron chi connectivity index (χ1n) is 6.67. The number of ether oxygens (including phenoxy) is 1. The van der Waals surface area contributed by atoms with Gasteiger partial charge in [-0.25, -0.2) is 0 Å². The predicted octanol–water partition coefficient (Wildman–Crippen LogP) is 0.119. The van der Waals surface area contributed by atoms with E-state index in [-0.39, 0.29) is 14.0 Å². The summed E-state index contributed by atoms with van der Waals surface area (Å²) in [7, 11) is 0.0246. The SMILES string of the molecule is CP(C)N1CCN(CC(=O)N2CCOCC2)CC1. The smallest absolute Gasteiger partial charge is 0.236 e. The van der Waals surface area contributed by atoms with E-state index in [0.717, 1.165) is 39.3 Å². The van der Waals surface area contributed by atoms with E-state index >= 15 is 0 Å². The highest BCUT2D eigenvalue weighted by molar-refractivity contribution is 7.53. The molecule has 0 atom stereocenters. The summed E-state index contributed by atoms with van der Waals surface area (Å²) in [6, 6.07) is 0. The Morgan fingerprint density at radius 1 is 1.06 bits per heavy atom. The summed E-state index contributed by atoms with van der Waals surface area (Å²) in [5.41, 5.74) is 0. The highest BCUT2D eigenvalue weighted by Crippen LogP contribution is 2.31. The van der Waals surface area contributed by atoms with Crippen LogP contribution in [-0.4, -0.2) is 92.7 Å². The molecule has 0 bridgehead atoms. The van der Waals surface area contributed by atoms with Gasteiger partial charge in [-0.2, -0.15) is 0 Å². The third kappa shape index (κ3) is 3.89. The maximum Gasteiger partial charge on any atom is 0.236 e. The summed E-state index contributed by atoms with van der Waals surface area (Å²) in [4.78, 5) is 16.3. The van der Waals surface area contributed by atoms with Crippen LogP contribution < -0.4 is 0 Å². The molecule has 2 rings (SSSR count). The molecule has 0 unspecified atom stereocenters. The number of amides is 1. The van der Waals surface area contributed by atoms with E-state index in [1.54, 1.807) is 0 Å². The minimum atomic E-state index is 0.0246. The van der Waals surface area contributed by atoms with E-state index in [2.05, 4.69) is 22.9 Å². The predicted molar refractivity (Wildman–Crippen MR) is 74.2 cm³/mol. The number of carbonyl (C=O) groups is 1. The second kappa shape index (κ2) is 6.80. The van der Waals surface area contributed by atoms with Gasteiger partial charge in [0.05, 0.1) is 19.8 Å². The quantitative estimate of drug-likeness (QED) is 0.684. The van der Waals surface area contributed by atoms with Gasteiger partial charge in [0, 0.05) is 39.3 Å². The lowest BCUT2D eigenvalue weighted by atomic mass is 10.3. The number of rotatable bonds is 3. The Balaban J connectivity index is 1.72. The molecular weight excluding hydrogens is 249 g/mol. The fraction of sp³-hybridized carbons (Fsp3) is 0.917. The molecule has 5 nitrogen and oxygen atoms in total. The molecule has 0 spiro atoms. The van der Waals surface area contributed by atoms with E-state index in [4.69, 9.17) is 4.74 Å². The van der Waals surface area contributed by atoms with Crippen molar-refractivity contribution in [2.75, 3.05) is 72.4 Å². The molecule has 2 aliphatic heterocycles. The Hall–Kier alpha value is -0.220. The normalized spacial score (nSPS) is 23.6. The van der Waals surface area contributed by atoms with Gasteiger partial charge in [-0.3, -0.25) is 14.4 Å². The monoisotopic (exact) mass is 273 g/mol. The molecule has 0 N–H and O–H groups in total. The fourth-order valence-electron chi connectivity index (χ4n) is 2.40. The van der Waals surface area contributed by atoms with Gasteiger partial charge in [-0.1, -0.05) is 0 Å². The van der Waals surface area contributed by atoms with Crippen molar-refractivity contribution in [3.8, 4) is 0 Å². The largest absolute Gasteiger partial charge is 0.378 e. The van der Waals surface area contributed by atoms with Gasteiger partial charge < -0.3 is 9.64 Å². The average molecular weight is 273 g/mol. The van der Waals surface area contributed by atoms with E-state index in [9.17, 15) is 4.79 Å². The first-order chi connectivity index (χ1) is 8.66. The second-order valence-electron chi connectivity index (χ2n) is 5.07. The standard InChI is InChI=1S/C12H24N3O2P/c1-18(2)15-5-3-13(4-6-15)11-12(16)14-7-9-17-10-8-14/h3-11H2,1-2H3. The first kappa shape index (κ1) is 14.2. The molecule has 0 saturated carbocycles. The van der Waals surface area contributed by atoms with Gasteiger partial charge in [-0.15, -0.1) is 0 Å². The lowest BCUT2D eigenvalue weighted by molar-refractivity contribution is -0.136. The second-order valence-corrected chi connectivity index (χ2v) is 7.33. The summed E-state index contributed by atoms with van der Waals surface area (Å²) in [5, 5.41) is 0. The van der Waals surface area contributed by atoms with Crippen LogP contribution in [0.5, 0.6) is 0 Å². The third-order valence-electron chi connectivity index (χ3n) is 3.64. The molecule has 0 aromatic heterocycles. The molecular formula is C12H24N3O2P. The zero-order valence-corrected chi connectivity index (χ0v) is 12.4. The van der Waals surface area contributed by atoms with Gasteiger partial charge in [-0.05, 0) is 21.4 Å². The highest BCUT2D eigenvalue weighted by atomic mass is 31.1. The van der Waals surface area contributed by atoms with E-state index in [1.807, 2.05) is 4.90 Å². The molecule has 2 heterocycles. The van der Waals surface area contributed by atoms with Crippen molar-refractivity contribution in [1.82, 2.24) is 14.5 Å². The number of hydrogen-bond acceptors (Lipinski definition) is 4. The summed E-state index contributed by atoms with van der Waals surface area (Å²) < 4.78 is 7.80. The average Bonchev–Trinajstić information content (AvgIpc) is 2.40. The minimum absolute atomic E-state index is 0.0246. The van der Waals surface area contributed by atoms with Crippen molar-refractivity contribution >= 4 is 14.0 Å². The van der Waals surface area contributed by atoms with Crippen LogP contribution in [0.3, 0.4) is 0 Å². The zero-order valence-electron chi connectivity index (χ0n) is 11.5. The summed E-state index contributed by atoms with van der Waals surface area (Å²) in [6.45, 7) is 12.3. The van der Waals surface area contributed by atoms with Crippen molar-refractivity contribution in [1.29, 1.82) is 0 Å². The zero-order chi connectivity index (χ0) is 13.0. The van der Waals surface area contributed by atoms with Gasteiger partial charge in [0.1, 0.15) is 0 Å². The number of nitrogens with zero attached hydrogens (tertiary/aromatic N) is 3. The van der Waals surface area contributed by atoms with Gasteiger partial charge >= 0.3 is 0 Å². The molecule has 1 amide bonds. The molecule has 0 aliphatic carbocycles. The Bertz CT molecular complexity index is 274. The maximum atomic E-state index is 12.1. The van der Waals surface area contributed by atoms with Crippen molar-refractivity contribution < 1.29 is 9.53 Å². The lowest BCUT2D eigenvalue weighted by Gasteiger charge is -2.37. The van der Waals surface area contributed by atoms with Crippen LogP contribution >= 0.6 is 8.07 Å². The molecule has 0 radical (unpaired) electrons. The van der Waals surface area contributed by atoms with Crippen LogP contribution in [0.2, 0.25) is 0 Å². The van der Waals surface area contributed by atoms with Gasteiger partial charge in [0.15, 0.2) is 0 Å². The van der Waals surface area contributed by atoms with E-state index in [0.29, 0.717) is 19.8 Å². The molecule has 0 aromatic carbocycles. The van der Waals surface area contributed by atoms with Crippen LogP contribution in [-0.2, 0) is 9.53 Å². The van der Waals surface area contributed by atoms with Crippen molar-refractivity contribution in [3.63, 3.8) is 0 Å². The van der Waals surface area contributed by atoms with Crippen molar-refractivity contribution in [2.45, 2.75) is 0 Å². The molecule has 0 aromatic rings. The summed E-state index contributed by atoms with van der Waals surface area (Å²) in [6.07, 6.45) is 0. The first-order valence-corrected chi connectivity index (χ1v) is 8.86. The minimum Gasteiger partial charge on any atom is -0.378 e. The molecule has 6 heteroatoms. The van der Waals surface area contributed by atoms with Crippen LogP contribution in [0, 0.1) is 0 Å². The topological polar surface area (TPSA) is 36.0 Å². The Morgan fingerprint density at radius 3 is 2.22 bits per heavy atom. The van der Waals surface area contributed by atoms with Crippen molar-refractivity contribution in [2.24, 2.45) is 0 Å². The molecule has 104 valence electrons. The van der Waals surface area contributed by atoms with Crippen LogP contribution in [0.25, 0.3) is 0 Å². The number of carbonyl (C=O) groups excluding carboxylic acids is 1. The van der Waals surface area contributed by atoms with Gasteiger partial charge in [0.25, 0.3) is 0 Å². The summed E-state index contributed by atoms with van der Waals surface area (Å²) in [5.74, 6) is 0.266. The van der Waals surface area contributed by atoms with Crippen LogP contribution in [0.15, 0.2) is 0 Å². The van der Waals surface area contributed by atoms with Crippen LogP contribution in [0.1, 0.15) is 0 Å². The Labute approximate surface area is 111 Å². The molecule has 2 saturated heterocycles. The summed E-state index contributed by atoms with van der Waals surface area (Å²) >= 11 is 0. The molecule has 2 aliphatic rings. The van der Waals surface area contributed by atoms with Gasteiger partial charge in [0.2, 0.25) is 5.91 Å². The highest BCUT2D eigenvalue weighted by Gasteiger charge is 2.23. The number of hydrogen-bond donors (Lipinski definition) is 0. The van der Waals surface area contributed by atoms with E-state index in [1.165, 1.54) is 0 Å². The fourth-order valence-corrected chi connectivity index (χ4v) is 3.38. The third-order valence-corrected chi connectivity index (χ3v) is 5.17. The Morgan fingerprint density at radius 2 is 1.67 bits per heavy atom. The molecule has 2 fully saturated rings. The van der Waals surface area contributed by atoms with E-state index < -0.39 is 0 Å². The maximum absolute atomic E-state index is 12.1. The number of piperazine rings is 1. The van der Waals surface area contributed by atoms with Crippen molar-refractivity contribution in [3.05, 3.63) is 0 Å². The van der Waals surface area contributed by atoms with Crippen LogP contribution in [0.4, 0.5) is 0 Å². The number of morpholine rings is 1. The molecule has 18 heavy (non-hydrogen) atoms. The Kier molecular flexibility index (Phi) is 5.37.